The first kappa shape index (κ1) is 12.5. The van der Waals surface area contributed by atoms with Crippen molar-refractivity contribution in [1.82, 2.24) is 5.32 Å². The van der Waals surface area contributed by atoms with Gasteiger partial charge in [-0.2, -0.15) is 0 Å². The number of carbonyl (C=O) groups is 1. The van der Waals surface area contributed by atoms with Crippen LogP contribution in [0.2, 0.25) is 0 Å². The van der Waals surface area contributed by atoms with E-state index in [1.165, 1.54) is 19.3 Å². The molecule has 2 fully saturated rings. The van der Waals surface area contributed by atoms with E-state index in [1.54, 1.807) is 0 Å². The van der Waals surface area contributed by atoms with Gasteiger partial charge in [0.15, 0.2) is 0 Å². The summed E-state index contributed by atoms with van der Waals surface area (Å²) >= 11 is 0. The van der Waals surface area contributed by atoms with E-state index in [0.717, 1.165) is 29.2 Å². The Morgan fingerprint density at radius 1 is 1.32 bits per heavy atom. The predicted molar refractivity (Wildman–Crippen MR) is 75.7 cm³/mol. The first-order valence-corrected chi connectivity index (χ1v) is 7.05. The van der Waals surface area contributed by atoms with E-state index >= 15 is 0 Å². The molecule has 0 heterocycles. The van der Waals surface area contributed by atoms with E-state index in [-0.39, 0.29) is 5.91 Å². The molecule has 0 saturated heterocycles. The Labute approximate surface area is 113 Å². The quantitative estimate of drug-likeness (QED) is 0.576. The average Bonchev–Trinajstić information content (AvgIpc) is 3.00. The molecule has 1 aromatic carbocycles. The Kier molecular flexibility index (Phi) is 3.19. The number of carbonyl (C=O) groups excluding carboxylic acids is 1. The Morgan fingerprint density at radius 3 is 2.74 bits per heavy atom. The van der Waals surface area contributed by atoms with Crippen LogP contribution in [0.25, 0.3) is 0 Å². The van der Waals surface area contributed by atoms with E-state index in [9.17, 15) is 4.79 Å². The monoisotopic (exact) mass is 259 g/mol. The third-order valence-electron chi connectivity index (χ3n) is 4.69. The van der Waals surface area contributed by atoms with Crippen molar-refractivity contribution in [3.8, 4) is 0 Å². The second-order valence-electron chi connectivity index (χ2n) is 5.93. The summed E-state index contributed by atoms with van der Waals surface area (Å²) in [6, 6.07) is 5.96. The lowest BCUT2D eigenvalue weighted by molar-refractivity contribution is 0.0922. The van der Waals surface area contributed by atoms with Crippen molar-refractivity contribution in [3.05, 3.63) is 29.3 Å². The summed E-state index contributed by atoms with van der Waals surface area (Å²) in [6.07, 6.45) is 5.11. The molecule has 3 rings (SSSR count). The van der Waals surface area contributed by atoms with Crippen LogP contribution in [0.5, 0.6) is 0 Å². The number of hydrogen-bond donors (Lipinski definition) is 3. The van der Waals surface area contributed by atoms with Gasteiger partial charge in [0, 0.05) is 17.3 Å². The van der Waals surface area contributed by atoms with Crippen molar-refractivity contribution in [2.45, 2.75) is 38.6 Å². The zero-order valence-corrected chi connectivity index (χ0v) is 11.3. The number of nitrogens with two attached hydrogens (primary N) is 1. The van der Waals surface area contributed by atoms with Gasteiger partial charge in [-0.05, 0) is 61.8 Å². The molecule has 2 saturated carbocycles. The first-order chi connectivity index (χ1) is 9.17. The number of hydrazine groups is 1. The maximum Gasteiger partial charge on any atom is 0.251 e. The van der Waals surface area contributed by atoms with Crippen LogP contribution < -0.4 is 16.6 Å². The van der Waals surface area contributed by atoms with Crippen LogP contribution in [-0.4, -0.2) is 11.9 Å². The highest BCUT2D eigenvalue weighted by Gasteiger charge is 2.40. The van der Waals surface area contributed by atoms with Crippen LogP contribution in [0, 0.1) is 18.8 Å². The largest absolute Gasteiger partial charge is 0.349 e. The van der Waals surface area contributed by atoms with Gasteiger partial charge in [0.25, 0.3) is 5.91 Å². The van der Waals surface area contributed by atoms with Gasteiger partial charge in [0.1, 0.15) is 0 Å². The topological polar surface area (TPSA) is 67.1 Å². The second kappa shape index (κ2) is 4.85. The highest BCUT2D eigenvalue weighted by Crippen LogP contribution is 2.44. The van der Waals surface area contributed by atoms with Gasteiger partial charge < -0.3 is 10.7 Å². The lowest BCUT2D eigenvalue weighted by atomic mass is 9.95. The average molecular weight is 259 g/mol. The molecular formula is C15H21N3O. The SMILES string of the molecule is Cc1cc(NN)ccc1C(=O)NC1CC2CCC1C2. The van der Waals surface area contributed by atoms with Gasteiger partial charge in [-0.3, -0.25) is 10.6 Å². The van der Waals surface area contributed by atoms with E-state index in [1.807, 2.05) is 25.1 Å². The molecule has 0 spiro atoms. The summed E-state index contributed by atoms with van der Waals surface area (Å²) in [5, 5.41) is 3.21. The van der Waals surface area contributed by atoms with Crippen molar-refractivity contribution >= 4 is 11.6 Å². The summed E-state index contributed by atoms with van der Waals surface area (Å²) in [5.41, 5.74) is 5.13. The summed E-state index contributed by atoms with van der Waals surface area (Å²) < 4.78 is 0. The van der Waals surface area contributed by atoms with Gasteiger partial charge in [0.2, 0.25) is 0 Å². The van der Waals surface area contributed by atoms with E-state index < -0.39 is 0 Å². The molecule has 1 aromatic rings. The summed E-state index contributed by atoms with van der Waals surface area (Å²) in [6.45, 7) is 1.94. The van der Waals surface area contributed by atoms with E-state index in [4.69, 9.17) is 5.84 Å². The minimum Gasteiger partial charge on any atom is -0.349 e. The minimum atomic E-state index is 0.0543. The fourth-order valence-electron chi connectivity index (χ4n) is 3.68. The number of amides is 1. The molecule has 2 aliphatic rings. The molecule has 1 amide bonds. The van der Waals surface area contributed by atoms with Crippen LogP contribution in [0.15, 0.2) is 18.2 Å². The maximum atomic E-state index is 12.3. The summed E-state index contributed by atoms with van der Waals surface area (Å²) in [5.74, 6) is 6.98. The minimum absolute atomic E-state index is 0.0543. The molecule has 0 aromatic heterocycles. The molecule has 4 heteroatoms. The number of fused-ring (bicyclic) bond motifs is 2. The van der Waals surface area contributed by atoms with Gasteiger partial charge in [0.05, 0.1) is 0 Å². The molecule has 2 aliphatic carbocycles. The molecule has 3 atom stereocenters. The third-order valence-corrected chi connectivity index (χ3v) is 4.69. The van der Waals surface area contributed by atoms with E-state index in [2.05, 4.69) is 10.7 Å². The predicted octanol–water partition coefficient (Wildman–Crippen LogP) is 2.20. The number of nitrogen functional groups attached to an aromatic ring is 1. The Hall–Kier alpha value is -1.55. The van der Waals surface area contributed by atoms with E-state index in [0.29, 0.717) is 12.0 Å². The highest BCUT2D eigenvalue weighted by molar-refractivity contribution is 5.96. The van der Waals surface area contributed by atoms with Crippen LogP contribution in [0.4, 0.5) is 5.69 Å². The number of aryl methyl sites for hydroxylation is 1. The zero-order valence-electron chi connectivity index (χ0n) is 11.3. The van der Waals surface area contributed by atoms with Crippen molar-refractivity contribution in [3.63, 3.8) is 0 Å². The van der Waals surface area contributed by atoms with Crippen LogP contribution in [0.1, 0.15) is 41.6 Å². The lowest BCUT2D eigenvalue weighted by Crippen LogP contribution is -2.38. The molecule has 102 valence electrons. The fraction of sp³-hybridized carbons (Fsp3) is 0.533. The number of rotatable bonds is 3. The number of nitrogens with one attached hydrogen (secondary N) is 2. The Bertz CT molecular complexity index is 500. The van der Waals surface area contributed by atoms with Gasteiger partial charge >= 0.3 is 0 Å². The van der Waals surface area contributed by atoms with Crippen LogP contribution >= 0.6 is 0 Å². The molecule has 3 unspecified atom stereocenters. The van der Waals surface area contributed by atoms with Crippen molar-refractivity contribution in [2.75, 3.05) is 5.43 Å². The number of anilines is 1. The molecule has 4 nitrogen and oxygen atoms in total. The van der Waals surface area contributed by atoms with Crippen LogP contribution in [-0.2, 0) is 0 Å². The number of benzene rings is 1. The molecule has 19 heavy (non-hydrogen) atoms. The lowest BCUT2D eigenvalue weighted by Gasteiger charge is -2.23. The summed E-state index contributed by atoms with van der Waals surface area (Å²) in [7, 11) is 0. The molecule has 2 bridgehead atoms. The Balaban J connectivity index is 1.70. The highest BCUT2D eigenvalue weighted by atomic mass is 16.1. The van der Waals surface area contributed by atoms with Crippen molar-refractivity contribution in [1.29, 1.82) is 0 Å². The Morgan fingerprint density at radius 2 is 2.16 bits per heavy atom. The maximum absolute atomic E-state index is 12.3. The standard InChI is InChI=1S/C15H21N3O/c1-9-6-12(18-16)4-5-13(9)15(19)17-14-8-10-2-3-11(14)7-10/h4-6,10-11,14,18H,2-3,7-8,16H2,1H3,(H,17,19). The van der Waals surface area contributed by atoms with Crippen molar-refractivity contribution < 1.29 is 4.79 Å². The zero-order chi connectivity index (χ0) is 13.4. The second-order valence-corrected chi connectivity index (χ2v) is 5.93. The fourth-order valence-corrected chi connectivity index (χ4v) is 3.68. The van der Waals surface area contributed by atoms with Crippen LogP contribution in [0.3, 0.4) is 0 Å². The molecule has 4 N–H and O–H groups in total. The smallest absolute Gasteiger partial charge is 0.251 e. The summed E-state index contributed by atoms with van der Waals surface area (Å²) in [4.78, 5) is 12.3. The van der Waals surface area contributed by atoms with Crippen molar-refractivity contribution in [2.24, 2.45) is 17.7 Å². The first-order valence-electron chi connectivity index (χ1n) is 7.05. The van der Waals surface area contributed by atoms with Gasteiger partial charge in [-0.1, -0.05) is 6.42 Å². The molecule has 0 radical (unpaired) electrons. The third kappa shape index (κ3) is 2.32. The molecule has 0 aliphatic heterocycles. The van der Waals surface area contributed by atoms with Gasteiger partial charge in [-0.25, -0.2) is 0 Å². The normalized spacial score (nSPS) is 28.4. The molecular weight excluding hydrogens is 238 g/mol. The number of hydrogen-bond acceptors (Lipinski definition) is 3. The van der Waals surface area contributed by atoms with Gasteiger partial charge in [-0.15, -0.1) is 0 Å².